The molecule has 0 aromatic carbocycles. The highest BCUT2D eigenvalue weighted by atomic mass is 16.1. The molecular weight excluding hydrogens is 254 g/mol. The summed E-state index contributed by atoms with van der Waals surface area (Å²) in [4.78, 5) is 15.5. The van der Waals surface area contributed by atoms with Gasteiger partial charge in [0.05, 0.1) is 29.3 Å². The molecule has 6 heteroatoms. The maximum absolute atomic E-state index is 11.0. The summed E-state index contributed by atoms with van der Waals surface area (Å²) < 4.78 is 1.58. The van der Waals surface area contributed by atoms with Crippen LogP contribution in [0.25, 0.3) is 5.69 Å². The van der Waals surface area contributed by atoms with E-state index in [-0.39, 0.29) is 6.04 Å². The average Bonchev–Trinajstić information content (AvgIpc) is 2.95. The number of hydrogen-bond donors (Lipinski definition) is 2. The van der Waals surface area contributed by atoms with E-state index >= 15 is 0 Å². The van der Waals surface area contributed by atoms with Gasteiger partial charge in [-0.25, -0.2) is 4.68 Å². The number of hydrogen-bond acceptors (Lipinski definition) is 4. The minimum atomic E-state index is -0.488. The molecule has 2 aromatic heterocycles. The topological polar surface area (TPSA) is 85.8 Å². The lowest BCUT2D eigenvalue weighted by molar-refractivity contribution is 0.100. The molecule has 1 amide bonds. The van der Waals surface area contributed by atoms with Crippen LogP contribution in [0, 0.1) is 0 Å². The summed E-state index contributed by atoms with van der Waals surface area (Å²) in [5, 5.41) is 7.47. The maximum atomic E-state index is 11.0. The van der Waals surface area contributed by atoms with Crippen LogP contribution < -0.4 is 11.1 Å². The highest BCUT2D eigenvalue weighted by Crippen LogP contribution is 2.12. The molecule has 0 bridgehead atoms. The van der Waals surface area contributed by atoms with Crippen LogP contribution in [0.5, 0.6) is 0 Å². The van der Waals surface area contributed by atoms with Crippen molar-refractivity contribution >= 4 is 5.91 Å². The average molecular weight is 273 g/mol. The number of carbonyl (C=O) groups excluding carboxylic acids is 1. The third kappa shape index (κ3) is 3.21. The van der Waals surface area contributed by atoms with Crippen molar-refractivity contribution in [1.82, 2.24) is 20.1 Å². The predicted molar refractivity (Wildman–Crippen MR) is 76.6 cm³/mol. The monoisotopic (exact) mass is 273 g/mol. The van der Waals surface area contributed by atoms with Crippen molar-refractivity contribution in [1.29, 1.82) is 0 Å². The minimum Gasteiger partial charge on any atom is -0.366 e. The summed E-state index contributed by atoms with van der Waals surface area (Å²) in [7, 11) is 0. The maximum Gasteiger partial charge on any atom is 0.251 e. The second-order valence-corrected chi connectivity index (χ2v) is 4.65. The minimum absolute atomic E-state index is 0.211. The van der Waals surface area contributed by atoms with E-state index in [1.165, 1.54) is 6.20 Å². The molecular formula is C14H19N5O. The molecule has 0 aliphatic rings. The first-order valence-corrected chi connectivity index (χ1v) is 6.66. The Labute approximate surface area is 118 Å². The summed E-state index contributed by atoms with van der Waals surface area (Å²) >= 11 is 0. The Morgan fingerprint density at radius 1 is 1.45 bits per heavy atom. The molecule has 0 aliphatic carbocycles. The van der Waals surface area contributed by atoms with Crippen molar-refractivity contribution in [2.24, 2.45) is 5.73 Å². The Bertz CT molecular complexity index is 576. The molecule has 0 saturated carbocycles. The normalized spacial score (nSPS) is 12.3. The number of primary amides is 1. The first kappa shape index (κ1) is 14.2. The number of nitrogens with two attached hydrogens (primary N) is 1. The third-order valence-corrected chi connectivity index (χ3v) is 3.05. The largest absolute Gasteiger partial charge is 0.366 e. The van der Waals surface area contributed by atoms with Crippen LogP contribution in [0.15, 0.2) is 30.7 Å². The molecule has 6 nitrogen and oxygen atoms in total. The van der Waals surface area contributed by atoms with Gasteiger partial charge in [0.25, 0.3) is 5.91 Å². The molecule has 106 valence electrons. The Morgan fingerprint density at radius 3 is 2.80 bits per heavy atom. The van der Waals surface area contributed by atoms with Gasteiger partial charge in [-0.1, -0.05) is 6.92 Å². The SMILES string of the molecule is CCCNC(C)c1ccc(-n2cc(C(N)=O)cn2)cn1. The number of nitrogens with zero attached hydrogens (tertiary/aromatic N) is 3. The summed E-state index contributed by atoms with van der Waals surface area (Å²) in [5.74, 6) is -0.488. The van der Waals surface area contributed by atoms with Crippen LogP contribution in [0.3, 0.4) is 0 Å². The summed E-state index contributed by atoms with van der Waals surface area (Å²) in [6.07, 6.45) is 5.86. The molecule has 1 unspecified atom stereocenters. The molecule has 3 N–H and O–H groups in total. The van der Waals surface area contributed by atoms with E-state index in [0.717, 1.165) is 24.3 Å². The van der Waals surface area contributed by atoms with E-state index in [4.69, 9.17) is 5.73 Å². The van der Waals surface area contributed by atoms with Gasteiger partial charge < -0.3 is 11.1 Å². The van der Waals surface area contributed by atoms with Gasteiger partial charge in [-0.2, -0.15) is 5.10 Å². The number of nitrogens with one attached hydrogen (secondary N) is 1. The highest BCUT2D eigenvalue weighted by molar-refractivity contribution is 5.92. The molecule has 2 heterocycles. The molecule has 0 aliphatic heterocycles. The van der Waals surface area contributed by atoms with Crippen molar-refractivity contribution < 1.29 is 4.79 Å². The van der Waals surface area contributed by atoms with Crippen LogP contribution in [0.4, 0.5) is 0 Å². The molecule has 0 radical (unpaired) electrons. The van der Waals surface area contributed by atoms with Crippen LogP contribution in [0.2, 0.25) is 0 Å². The molecule has 0 saturated heterocycles. The number of rotatable bonds is 6. The molecule has 0 spiro atoms. The third-order valence-electron chi connectivity index (χ3n) is 3.05. The van der Waals surface area contributed by atoms with Gasteiger partial charge in [-0.15, -0.1) is 0 Å². The molecule has 2 aromatic rings. The summed E-state index contributed by atoms with van der Waals surface area (Å²) in [6.45, 7) is 5.17. The van der Waals surface area contributed by atoms with Gasteiger partial charge in [0.1, 0.15) is 0 Å². The first-order chi connectivity index (χ1) is 9.61. The van der Waals surface area contributed by atoms with Gasteiger partial charge in [-0.3, -0.25) is 9.78 Å². The highest BCUT2D eigenvalue weighted by Gasteiger charge is 2.08. The lowest BCUT2D eigenvalue weighted by atomic mass is 10.2. The van der Waals surface area contributed by atoms with Crippen molar-refractivity contribution in [3.05, 3.63) is 42.0 Å². The Morgan fingerprint density at radius 2 is 2.25 bits per heavy atom. The van der Waals surface area contributed by atoms with E-state index in [2.05, 4.69) is 29.2 Å². The summed E-state index contributed by atoms with van der Waals surface area (Å²) in [6, 6.07) is 4.08. The van der Waals surface area contributed by atoms with Crippen LogP contribution in [-0.4, -0.2) is 27.2 Å². The second-order valence-electron chi connectivity index (χ2n) is 4.65. The quantitative estimate of drug-likeness (QED) is 0.833. The number of aromatic nitrogens is 3. The van der Waals surface area contributed by atoms with E-state index < -0.39 is 5.91 Å². The number of amides is 1. The smallest absolute Gasteiger partial charge is 0.251 e. The fourth-order valence-electron chi connectivity index (χ4n) is 1.85. The zero-order valence-corrected chi connectivity index (χ0v) is 11.7. The van der Waals surface area contributed by atoms with Crippen LogP contribution in [-0.2, 0) is 0 Å². The van der Waals surface area contributed by atoms with Crippen molar-refractivity contribution in [2.45, 2.75) is 26.3 Å². The lowest BCUT2D eigenvalue weighted by Gasteiger charge is -2.12. The van der Waals surface area contributed by atoms with Gasteiger partial charge in [-0.05, 0) is 32.0 Å². The fourth-order valence-corrected chi connectivity index (χ4v) is 1.85. The molecule has 2 rings (SSSR count). The summed E-state index contributed by atoms with van der Waals surface area (Å²) in [5.41, 5.74) is 7.35. The first-order valence-electron chi connectivity index (χ1n) is 6.66. The van der Waals surface area contributed by atoms with E-state index in [1.807, 2.05) is 12.1 Å². The lowest BCUT2D eigenvalue weighted by Crippen LogP contribution is -2.20. The van der Waals surface area contributed by atoms with E-state index in [0.29, 0.717) is 5.56 Å². The fraction of sp³-hybridized carbons (Fsp3) is 0.357. The van der Waals surface area contributed by atoms with Crippen molar-refractivity contribution in [3.8, 4) is 5.69 Å². The molecule has 20 heavy (non-hydrogen) atoms. The van der Waals surface area contributed by atoms with Gasteiger partial charge in [0.2, 0.25) is 0 Å². The zero-order valence-electron chi connectivity index (χ0n) is 11.7. The van der Waals surface area contributed by atoms with E-state index in [9.17, 15) is 4.79 Å². The van der Waals surface area contributed by atoms with Crippen molar-refractivity contribution in [2.75, 3.05) is 6.54 Å². The predicted octanol–water partition coefficient (Wildman–Crippen LogP) is 1.43. The van der Waals surface area contributed by atoms with Gasteiger partial charge >= 0.3 is 0 Å². The van der Waals surface area contributed by atoms with Crippen molar-refractivity contribution in [3.63, 3.8) is 0 Å². The number of carbonyl (C=O) groups is 1. The Kier molecular flexibility index (Phi) is 4.47. The number of pyridine rings is 1. The van der Waals surface area contributed by atoms with Crippen LogP contribution >= 0.6 is 0 Å². The van der Waals surface area contributed by atoms with Crippen LogP contribution in [0.1, 0.15) is 42.4 Å². The van der Waals surface area contributed by atoms with E-state index in [1.54, 1.807) is 17.1 Å². The Hall–Kier alpha value is -2.21. The molecule has 0 fully saturated rings. The second kappa shape index (κ2) is 6.29. The molecule has 1 atom stereocenters. The standard InChI is InChI=1S/C14H19N5O/c1-3-6-16-10(2)13-5-4-12(8-17-13)19-9-11(7-18-19)14(15)20/h4-5,7-10,16H,3,6H2,1-2H3,(H2,15,20). The Balaban J connectivity index is 2.12. The van der Waals surface area contributed by atoms with Gasteiger partial charge in [0, 0.05) is 12.2 Å². The zero-order chi connectivity index (χ0) is 14.5. The van der Waals surface area contributed by atoms with Gasteiger partial charge in [0.15, 0.2) is 0 Å².